The first-order valence-corrected chi connectivity index (χ1v) is 4.39. The first kappa shape index (κ1) is 8.38. The van der Waals surface area contributed by atoms with Gasteiger partial charge in [-0.3, -0.25) is 0 Å². The highest BCUT2D eigenvalue weighted by molar-refractivity contribution is 5.13. The van der Waals surface area contributed by atoms with Gasteiger partial charge in [0.05, 0.1) is 0 Å². The van der Waals surface area contributed by atoms with Crippen molar-refractivity contribution in [3.8, 4) is 0 Å². The predicted octanol–water partition coefficient (Wildman–Crippen LogP) is 2.78. The van der Waals surface area contributed by atoms with Crippen molar-refractivity contribution in [2.45, 2.75) is 33.6 Å². The largest absolute Gasteiger partial charge is 0.362 e. The van der Waals surface area contributed by atoms with Crippen molar-refractivity contribution in [2.24, 2.45) is 5.92 Å². The van der Waals surface area contributed by atoms with E-state index < -0.39 is 0 Å². The third-order valence-corrected chi connectivity index (χ3v) is 1.82. The van der Waals surface area contributed by atoms with Crippen LogP contribution < -0.4 is 0 Å². The van der Waals surface area contributed by atoms with Gasteiger partial charge < -0.3 is 4.98 Å². The zero-order valence-electron chi connectivity index (χ0n) is 7.65. The molecule has 0 spiro atoms. The molecule has 0 atom stereocenters. The standard InChI is InChI=1S/C10H17N/c1-4-9-5-6-10(11-9)7-8(2)3/h5-6,8,11H,4,7H2,1-3H3. The van der Waals surface area contributed by atoms with Crippen LogP contribution in [0.5, 0.6) is 0 Å². The van der Waals surface area contributed by atoms with E-state index in [9.17, 15) is 0 Å². The second-order valence-corrected chi connectivity index (χ2v) is 3.46. The summed E-state index contributed by atoms with van der Waals surface area (Å²) in [4.78, 5) is 3.39. The molecule has 0 radical (unpaired) electrons. The minimum absolute atomic E-state index is 0.748. The van der Waals surface area contributed by atoms with Gasteiger partial charge in [0.1, 0.15) is 0 Å². The van der Waals surface area contributed by atoms with E-state index in [1.54, 1.807) is 0 Å². The van der Waals surface area contributed by atoms with Gasteiger partial charge in [0.2, 0.25) is 0 Å². The number of hydrogen-bond donors (Lipinski definition) is 1. The number of nitrogens with one attached hydrogen (secondary N) is 1. The van der Waals surface area contributed by atoms with Gasteiger partial charge in [-0.15, -0.1) is 0 Å². The Hall–Kier alpha value is -0.720. The van der Waals surface area contributed by atoms with Gasteiger partial charge in [0.15, 0.2) is 0 Å². The topological polar surface area (TPSA) is 15.8 Å². The lowest BCUT2D eigenvalue weighted by atomic mass is 10.1. The van der Waals surface area contributed by atoms with Gasteiger partial charge in [-0.05, 0) is 30.9 Å². The normalized spacial score (nSPS) is 10.9. The average Bonchev–Trinajstić information content (AvgIpc) is 2.34. The molecule has 0 saturated heterocycles. The Labute approximate surface area is 68.8 Å². The molecule has 1 nitrogen and oxygen atoms in total. The van der Waals surface area contributed by atoms with E-state index in [0.29, 0.717) is 0 Å². The quantitative estimate of drug-likeness (QED) is 0.683. The zero-order valence-corrected chi connectivity index (χ0v) is 7.65. The second-order valence-electron chi connectivity index (χ2n) is 3.46. The highest BCUT2D eigenvalue weighted by Crippen LogP contribution is 2.07. The van der Waals surface area contributed by atoms with Crippen molar-refractivity contribution in [1.82, 2.24) is 4.98 Å². The average molecular weight is 151 g/mol. The molecular weight excluding hydrogens is 134 g/mol. The molecule has 1 aromatic rings. The van der Waals surface area contributed by atoms with Crippen LogP contribution in [0.1, 0.15) is 32.2 Å². The summed E-state index contributed by atoms with van der Waals surface area (Å²) in [6, 6.07) is 4.37. The number of rotatable bonds is 3. The Kier molecular flexibility index (Phi) is 2.75. The lowest BCUT2D eigenvalue weighted by Crippen LogP contribution is -1.94. The first-order valence-electron chi connectivity index (χ1n) is 4.39. The van der Waals surface area contributed by atoms with Crippen LogP contribution in [0, 0.1) is 5.92 Å². The fourth-order valence-corrected chi connectivity index (χ4v) is 1.26. The summed E-state index contributed by atoms with van der Waals surface area (Å²) in [5.74, 6) is 0.748. The van der Waals surface area contributed by atoms with Crippen LogP contribution in [0.4, 0.5) is 0 Å². The Morgan fingerprint density at radius 3 is 2.36 bits per heavy atom. The minimum atomic E-state index is 0.748. The molecule has 62 valence electrons. The molecule has 1 rings (SSSR count). The highest BCUT2D eigenvalue weighted by Gasteiger charge is 1.99. The van der Waals surface area contributed by atoms with Gasteiger partial charge in [-0.2, -0.15) is 0 Å². The Morgan fingerprint density at radius 2 is 1.91 bits per heavy atom. The third-order valence-electron chi connectivity index (χ3n) is 1.82. The second kappa shape index (κ2) is 3.61. The zero-order chi connectivity index (χ0) is 8.27. The molecule has 0 amide bonds. The van der Waals surface area contributed by atoms with E-state index >= 15 is 0 Å². The molecule has 0 unspecified atom stereocenters. The van der Waals surface area contributed by atoms with Crippen LogP contribution in [0.25, 0.3) is 0 Å². The first-order chi connectivity index (χ1) is 5.22. The molecule has 0 aliphatic rings. The van der Waals surface area contributed by atoms with E-state index in [2.05, 4.69) is 37.9 Å². The molecular formula is C10H17N. The van der Waals surface area contributed by atoms with Crippen molar-refractivity contribution < 1.29 is 0 Å². The molecule has 0 aliphatic carbocycles. The lowest BCUT2D eigenvalue weighted by Gasteiger charge is -2.00. The van der Waals surface area contributed by atoms with Crippen LogP contribution in [0.2, 0.25) is 0 Å². The molecule has 0 aromatic carbocycles. The van der Waals surface area contributed by atoms with E-state index in [-0.39, 0.29) is 0 Å². The molecule has 0 bridgehead atoms. The van der Waals surface area contributed by atoms with Crippen molar-refractivity contribution in [1.29, 1.82) is 0 Å². The Morgan fingerprint density at radius 1 is 1.27 bits per heavy atom. The van der Waals surface area contributed by atoms with E-state index in [1.807, 2.05) is 0 Å². The summed E-state index contributed by atoms with van der Waals surface area (Å²) >= 11 is 0. The summed E-state index contributed by atoms with van der Waals surface area (Å²) in [7, 11) is 0. The lowest BCUT2D eigenvalue weighted by molar-refractivity contribution is 0.636. The smallest absolute Gasteiger partial charge is 0.0151 e. The van der Waals surface area contributed by atoms with Gasteiger partial charge in [0, 0.05) is 11.4 Å². The molecule has 0 saturated carbocycles. The van der Waals surface area contributed by atoms with Crippen LogP contribution in [-0.2, 0) is 12.8 Å². The van der Waals surface area contributed by atoms with Crippen molar-refractivity contribution in [3.05, 3.63) is 23.5 Å². The molecule has 1 heterocycles. The Bertz CT molecular complexity index is 210. The van der Waals surface area contributed by atoms with Crippen LogP contribution >= 0.6 is 0 Å². The van der Waals surface area contributed by atoms with Gasteiger partial charge >= 0.3 is 0 Å². The van der Waals surface area contributed by atoms with E-state index in [4.69, 9.17) is 0 Å². The molecule has 0 fully saturated rings. The summed E-state index contributed by atoms with van der Waals surface area (Å²) in [5, 5.41) is 0. The molecule has 1 N–H and O–H groups in total. The summed E-state index contributed by atoms with van der Waals surface area (Å²) in [5.41, 5.74) is 2.72. The molecule has 1 aromatic heterocycles. The number of aromatic amines is 1. The maximum atomic E-state index is 3.39. The van der Waals surface area contributed by atoms with Crippen LogP contribution in [-0.4, -0.2) is 4.98 Å². The number of aromatic nitrogens is 1. The van der Waals surface area contributed by atoms with Crippen molar-refractivity contribution in [2.75, 3.05) is 0 Å². The maximum absolute atomic E-state index is 3.39. The summed E-state index contributed by atoms with van der Waals surface area (Å²) in [6.45, 7) is 6.66. The number of hydrogen-bond acceptors (Lipinski definition) is 0. The van der Waals surface area contributed by atoms with E-state index in [0.717, 1.165) is 12.3 Å². The SMILES string of the molecule is CCc1ccc(CC(C)C)[nH]1. The molecule has 11 heavy (non-hydrogen) atoms. The predicted molar refractivity (Wildman–Crippen MR) is 48.7 cm³/mol. The van der Waals surface area contributed by atoms with E-state index in [1.165, 1.54) is 17.8 Å². The maximum Gasteiger partial charge on any atom is 0.0151 e. The van der Waals surface area contributed by atoms with Gasteiger partial charge in [0.25, 0.3) is 0 Å². The van der Waals surface area contributed by atoms with Crippen molar-refractivity contribution in [3.63, 3.8) is 0 Å². The van der Waals surface area contributed by atoms with Crippen LogP contribution in [0.3, 0.4) is 0 Å². The molecule has 0 aliphatic heterocycles. The summed E-state index contributed by atoms with van der Waals surface area (Å²) in [6.07, 6.45) is 2.28. The highest BCUT2D eigenvalue weighted by atomic mass is 14.7. The van der Waals surface area contributed by atoms with Gasteiger partial charge in [-0.1, -0.05) is 20.8 Å². The monoisotopic (exact) mass is 151 g/mol. The summed E-state index contributed by atoms with van der Waals surface area (Å²) < 4.78 is 0. The number of H-pyrrole nitrogens is 1. The molecule has 1 heteroatoms. The number of aryl methyl sites for hydroxylation is 1. The van der Waals surface area contributed by atoms with Gasteiger partial charge in [-0.25, -0.2) is 0 Å². The van der Waals surface area contributed by atoms with Crippen LogP contribution in [0.15, 0.2) is 12.1 Å². The fourth-order valence-electron chi connectivity index (χ4n) is 1.26. The Balaban J connectivity index is 2.58. The third kappa shape index (κ3) is 2.41. The fraction of sp³-hybridized carbons (Fsp3) is 0.600. The minimum Gasteiger partial charge on any atom is -0.362 e. The van der Waals surface area contributed by atoms with Crippen molar-refractivity contribution >= 4 is 0 Å².